The summed E-state index contributed by atoms with van der Waals surface area (Å²) in [6, 6.07) is 14.1. The molecule has 3 N–H and O–H groups in total. The van der Waals surface area contributed by atoms with Gasteiger partial charge in [-0.3, -0.25) is 4.79 Å². The van der Waals surface area contributed by atoms with Crippen molar-refractivity contribution >= 4 is 23.3 Å². The molecule has 1 unspecified atom stereocenters. The lowest BCUT2D eigenvalue weighted by Gasteiger charge is -2.12. The van der Waals surface area contributed by atoms with Crippen LogP contribution in [0.4, 0.5) is 16.2 Å². The highest BCUT2D eigenvalue weighted by Gasteiger charge is 2.16. The quantitative estimate of drug-likeness (QED) is 0.685. The summed E-state index contributed by atoms with van der Waals surface area (Å²) in [6.07, 6.45) is 2.37. The van der Waals surface area contributed by atoms with E-state index in [0.29, 0.717) is 17.9 Å². The van der Waals surface area contributed by atoms with Gasteiger partial charge in [-0.15, -0.1) is 0 Å². The number of methoxy groups -OCH3 is 1. The van der Waals surface area contributed by atoms with Crippen LogP contribution in [0.1, 0.15) is 18.4 Å². The van der Waals surface area contributed by atoms with Crippen molar-refractivity contribution in [2.24, 2.45) is 0 Å². The zero-order chi connectivity index (χ0) is 19.8. The SMILES string of the molecule is COc1cccc(CC(=O)Nc2ccc(NC(=O)NCC3CCCO3)cc2)c1. The van der Waals surface area contributed by atoms with E-state index in [1.165, 1.54) is 0 Å². The molecular weight excluding hydrogens is 358 g/mol. The second-order valence-corrected chi connectivity index (χ2v) is 6.62. The number of amides is 3. The molecule has 2 aromatic rings. The summed E-state index contributed by atoms with van der Waals surface area (Å²) in [4.78, 5) is 24.1. The lowest BCUT2D eigenvalue weighted by Crippen LogP contribution is -2.35. The number of ether oxygens (including phenoxy) is 2. The first-order valence-corrected chi connectivity index (χ1v) is 9.31. The Morgan fingerprint density at radius 2 is 1.86 bits per heavy atom. The fraction of sp³-hybridized carbons (Fsp3) is 0.333. The second-order valence-electron chi connectivity index (χ2n) is 6.62. The van der Waals surface area contributed by atoms with Crippen LogP contribution in [0.5, 0.6) is 5.75 Å². The molecule has 2 aromatic carbocycles. The molecule has 28 heavy (non-hydrogen) atoms. The second kappa shape index (κ2) is 9.75. The molecular formula is C21H25N3O4. The van der Waals surface area contributed by atoms with Crippen LogP contribution in [0, 0.1) is 0 Å². The highest BCUT2D eigenvalue weighted by Crippen LogP contribution is 2.16. The van der Waals surface area contributed by atoms with Crippen LogP contribution in [-0.2, 0) is 16.0 Å². The topological polar surface area (TPSA) is 88.7 Å². The van der Waals surface area contributed by atoms with Crippen molar-refractivity contribution < 1.29 is 19.1 Å². The molecule has 7 nitrogen and oxygen atoms in total. The molecule has 1 heterocycles. The summed E-state index contributed by atoms with van der Waals surface area (Å²) in [5, 5.41) is 8.41. The Hall–Kier alpha value is -3.06. The third-order valence-electron chi connectivity index (χ3n) is 4.44. The molecule has 1 fully saturated rings. The third kappa shape index (κ3) is 5.99. The molecule has 148 valence electrons. The maximum Gasteiger partial charge on any atom is 0.319 e. The Bertz CT molecular complexity index is 802. The summed E-state index contributed by atoms with van der Waals surface area (Å²) in [7, 11) is 1.59. The van der Waals surface area contributed by atoms with Crippen LogP contribution < -0.4 is 20.7 Å². The van der Waals surface area contributed by atoms with Gasteiger partial charge in [0.15, 0.2) is 0 Å². The molecule has 0 aromatic heterocycles. The molecule has 1 aliphatic rings. The van der Waals surface area contributed by atoms with E-state index in [2.05, 4.69) is 16.0 Å². The van der Waals surface area contributed by atoms with Crippen molar-refractivity contribution in [3.05, 3.63) is 54.1 Å². The van der Waals surface area contributed by atoms with Gasteiger partial charge in [0.05, 0.1) is 19.6 Å². The van der Waals surface area contributed by atoms with Crippen molar-refractivity contribution in [3.8, 4) is 5.75 Å². The van der Waals surface area contributed by atoms with Gasteiger partial charge >= 0.3 is 6.03 Å². The van der Waals surface area contributed by atoms with Crippen molar-refractivity contribution in [2.45, 2.75) is 25.4 Å². The van der Waals surface area contributed by atoms with Crippen LogP contribution >= 0.6 is 0 Å². The first kappa shape index (κ1) is 19.7. The van der Waals surface area contributed by atoms with E-state index in [0.717, 1.165) is 30.8 Å². The fourth-order valence-corrected chi connectivity index (χ4v) is 3.00. The van der Waals surface area contributed by atoms with Gasteiger partial charge < -0.3 is 25.4 Å². The number of anilines is 2. The van der Waals surface area contributed by atoms with Crippen molar-refractivity contribution in [2.75, 3.05) is 30.9 Å². The number of carbonyl (C=O) groups is 2. The summed E-state index contributed by atoms with van der Waals surface area (Å²) in [6.45, 7) is 1.27. The highest BCUT2D eigenvalue weighted by atomic mass is 16.5. The van der Waals surface area contributed by atoms with E-state index < -0.39 is 0 Å². The van der Waals surface area contributed by atoms with Gasteiger partial charge in [-0.2, -0.15) is 0 Å². The Balaban J connectivity index is 1.45. The predicted octanol–water partition coefficient (Wildman–Crippen LogP) is 3.18. The molecule has 1 atom stereocenters. The number of hydrogen-bond donors (Lipinski definition) is 3. The molecule has 3 rings (SSSR count). The zero-order valence-corrected chi connectivity index (χ0v) is 15.9. The molecule has 0 aliphatic carbocycles. The van der Waals surface area contributed by atoms with E-state index in [-0.39, 0.29) is 24.5 Å². The molecule has 1 saturated heterocycles. The number of hydrogen-bond acceptors (Lipinski definition) is 4. The van der Waals surface area contributed by atoms with Gasteiger partial charge in [0.1, 0.15) is 5.75 Å². The lowest BCUT2D eigenvalue weighted by molar-refractivity contribution is -0.115. The molecule has 7 heteroatoms. The van der Waals surface area contributed by atoms with Gasteiger partial charge in [-0.1, -0.05) is 12.1 Å². The maximum absolute atomic E-state index is 12.2. The van der Waals surface area contributed by atoms with E-state index in [1.807, 2.05) is 24.3 Å². The average molecular weight is 383 g/mol. The fourth-order valence-electron chi connectivity index (χ4n) is 3.00. The summed E-state index contributed by atoms with van der Waals surface area (Å²) >= 11 is 0. The first-order chi connectivity index (χ1) is 13.6. The Morgan fingerprint density at radius 3 is 2.54 bits per heavy atom. The molecule has 0 spiro atoms. The number of urea groups is 1. The van der Waals surface area contributed by atoms with E-state index in [9.17, 15) is 9.59 Å². The average Bonchev–Trinajstić information content (AvgIpc) is 3.22. The number of benzene rings is 2. The van der Waals surface area contributed by atoms with Gasteiger partial charge in [0, 0.05) is 24.5 Å². The minimum atomic E-state index is -0.273. The molecule has 3 amide bonds. The normalized spacial score (nSPS) is 15.7. The van der Waals surface area contributed by atoms with Gasteiger partial charge in [-0.25, -0.2) is 4.79 Å². The molecule has 1 aliphatic heterocycles. The maximum atomic E-state index is 12.2. The van der Waals surface area contributed by atoms with Gasteiger partial charge in [-0.05, 0) is 54.8 Å². The van der Waals surface area contributed by atoms with Crippen LogP contribution in [0.3, 0.4) is 0 Å². The molecule has 0 bridgehead atoms. The zero-order valence-electron chi connectivity index (χ0n) is 15.9. The van der Waals surface area contributed by atoms with Crippen molar-refractivity contribution in [3.63, 3.8) is 0 Å². The highest BCUT2D eigenvalue weighted by molar-refractivity contribution is 5.93. The van der Waals surface area contributed by atoms with E-state index >= 15 is 0 Å². The number of rotatable bonds is 7. The lowest BCUT2D eigenvalue weighted by atomic mass is 10.1. The predicted molar refractivity (Wildman–Crippen MR) is 108 cm³/mol. The van der Waals surface area contributed by atoms with Crippen LogP contribution in [-0.4, -0.2) is 38.3 Å². The number of carbonyl (C=O) groups excluding carboxylic acids is 2. The summed E-state index contributed by atoms with van der Waals surface area (Å²) < 4.78 is 10.6. The van der Waals surface area contributed by atoms with Crippen LogP contribution in [0.25, 0.3) is 0 Å². The Morgan fingerprint density at radius 1 is 1.11 bits per heavy atom. The Kier molecular flexibility index (Phi) is 6.86. The minimum absolute atomic E-state index is 0.105. The van der Waals surface area contributed by atoms with Crippen LogP contribution in [0.15, 0.2) is 48.5 Å². The third-order valence-corrected chi connectivity index (χ3v) is 4.44. The smallest absolute Gasteiger partial charge is 0.319 e. The summed E-state index contributed by atoms with van der Waals surface area (Å²) in [5.41, 5.74) is 2.19. The molecule has 0 saturated carbocycles. The van der Waals surface area contributed by atoms with Gasteiger partial charge in [0.2, 0.25) is 5.91 Å². The monoisotopic (exact) mass is 383 g/mol. The van der Waals surface area contributed by atoms with Crippen molar-refractivity contribution in [1.82, 2.24) is 5.32 Å². The van der Waals surface area contributed by atoms with E-state index in [4.69, 9.17) is 9.47 Å². The molecule has 0 radical (unpaired) electrons. The standard InChI is InChI=1S/C21H25N3O4/c1-27-18-5-2-4-15(12-18)13-20(25)23-16-7-9-17(10-8-16)24-21(26)22-14-19-6-3-11-28-19/h2,4-5,7-10,12,19H,3,6,11,13-14H2,1H3,(H,23,25)(H2,22,24,26). The largest absolute Gasteiger partial charge is 0.497 e. The van der Waals surface area contributed by atoms with Gasteiger partial charge in [0.25, 0.3) is 0 Å². The summed E-state index contributed by atoms with van der Waals surface area (Å²) in [5.74, 6) is 0.599. The Labute approximate surface area is 164 Å². The number of nitrogens with one attached hydrogen (secondary N) is 3. The first-order valence-electron chi connectivity index (χ1n) is 9.31. The van der Waals surface area contributed by atoms with Crippen molar-refractivity contribution in [1.29, 1.82) is 0 Å². The van der Waals surface area contributed by atoms with E-state index in [1.54, 1.807) is 31.4 Å². The van der Waals surface area contributed by atoms with Crippen LogP contribution in [0.2, 0.25) is 0 Å². The minimum Gasteiger partial charge on any atom is -0.497 e.